The molecular weight excluding hydrogens is 368 g/mol. The van der Waals surface area contributed by atoms with Crippen molar-refractivity contribution in [2.24, 2.45) is 0 Å². The molecule has 0 fully saturated rings. The number of methoxy groups -OCH3 is 2. The van der Waals surface area contributed by atoms with Crippen molar-refractivity contribution in [3.8, 4) is 11.5 Å². The van der Waals surface area contributed by atoms with Crippen LogP contribution in [0.1, 0.15) is 26.3 Å². The smallest absolute Gasteiger partial charge is 0.326 e. The molecule has 0 aliphatic rings. The number of benzene rings is 2. The predicted octanol–water partition coefficient (Wildman–Crippen LogP) is 4.61. The lowest BCUT2D eigenvalue weighted by molar-refractivity contribution is -0.155. The highest BCUT2D eigenvalue weighted by Crippen LogP contribution is 2.28. The summed E-state index contributed by atoms with van der Waals surface area (Å²) in [4.78, 5) is 12.1. The van der Waals surface area contributed by atoms with E-state index in [-0.39, 0.29) is 12.5 Å². The number of anilines is 1. The van der Waals surface area contributed by atoms with E-state index in [1.807, 2.05) is 67.9 Å². The molecule has 29 heavy (non-hydrogen) atoms. The molecule has 3 rings (SSSR count). The number of hydrogen-bond donors (Lipinski definition) is 1. The summed E-state index contributed by atoms with van der Waals surface area (Å²) in [6, 6.07) is 14.0. The topological polar surface area (TPSA) is 61.7 Å². The number of fused-ring (bicyclic) bond motifs is 1. The molecule has 1 aromatic heterocycles. The van der Waals surface area contributed by atoms with E-state index in [9.17, 15) is 4.79 Å². The largest absolute Gasteiger partial charge is 0.493 e. The van der Waals surface area contributed by atoms with E-state index in [1.54, 1.807) is 14.2 Å². The molecule has 6 nitrogen and oxygen atoms in total. The maximum atomic E-state index is 12.1. The van der Waals surface area contributed by atoms with E-state index in [4.69, 9.17) is 14.2 Å². The van der Waals surface area contributed by atoms with E-state index in [1.165, 1.54) is 0 Å². The van der Waals surface area contributed by atoms with Crippen LogP contribution in [-0.2, 0) is 22.6 Å². The van der Waals surface area contributed by atoms with Gasteiger partial charge in [0.05, 0.1) is 14.2 Å². The number of hydrogen-bond acceptors (Lipinski definition) is 5. The Balaban J connectivity index is 1.69. The van der Waals surface area contributed by atoms with Crippen molar-refractivity contribution in [2.75, 3.05) is 19.5 Å². The fourth-order valence-electron chi connectivity index (χ4n) is 3.16. The minimum Gasteiger partial charge on any atom is -0.493 e. The van der Waals surface area contributed by atoms with Crippen LogP contribution in [0, 0.1) is 0 Å². The second kappa shape index (κ2) is 8.47. The number of aromatic nitrogens is 1. The van der Waals surface area contributed by atoms with Crippen LogP contribution in [0.25, 0.3) is 10.9 Å². The summed E-state index contributed by atoms with van der Waals surface area (Å²) in [5, 5.41) is 4.49. The van der Waals surface area contributed by atoms with Gasteiger partial charge in [0.1, 0.15) is 12.1 Å². The van der Waals surface area contributed by atoms with E-state index < -0.39 is 5.60 Å². The lowest BCUT2D eigenvalue weighted by Crippen LogP contribution is -2.26. The third kappa shape index (κ3) is 5.22. The fourth-order valence-corrected chi connectivity index (χ4v) is 3.16. The third-order valence-electron chi connectivity index (χ3n) is 4.44. The minimum atomic E-state index is -0.485. The first-order chi connectivity index (χ1) is 13.8. The summed E-state index contributed by atoms with van der Waals surface area (Å²) in [5.41, 5.74) is 2.60. The van der Waals surface area contributed by atoms with Crippen LogP contribution in [-0.4, -0.2) is 30.4 Å². The summed E-state index contributed by atoms with van der Waals surface area (Å²) in [6.07, 6.45) is 1.91. The molecule has 0 saturated carbocycles. The molecule has 0 bridgehead atoms. The Morgan fingerprint density at radius 1 is 1.00 bits per heavy atom. The molecule has 0 radical (unpaired) electrons. The van der Waals surface area contributed by atoms with Crippen LogP contribution in [0.2, 0.25) is 0 Å². The zero-order valence-electron chi connectivity index (χ0n) is 17.6. The van der Waals surface area contributed by atoms with Crippen molar-refractivity contribution in [1.82, 2.24) is 4.57 Å². The van der Waals surface area contributed by atoms with Gasteiger partial charge in [-0.25, -0.2) is 0 Å². The Morgan fingerprint density at radius 3 is 2.45 bits per heavy atom. The monoisotopic (exact) mass is 396 g/mol. The van der Waals surface area contributed by atoms with E-state index in [0.717, 1.165) is 22.2 Å². The van der Waals surface area contributed by atoms with Gasteiger partial charge in [-0.15, -0.1) is 0 Å². The van der Waals surface area contributed by atoms with E-state index in [0.29, 0.717) is 18.0 Å². The molecule has 154 valence electrons. The summed E-state index contributed by atoms with van der Waals surface area (Å²) in [7, 11) is 3.25. The van der Waals surface area contributed by atoms with Crippen molar-refractivity contribution in [3.63, 3.8) is 0 Å². The molecule has 1 N–H and O–H groups in total. The van der Waals surface area contributed by atoms with Crippen molar-refractivity contribution in [1.29, 1.82) is 0 Å². The summed E-state index contributed by atoms with van der Waals surface area (Å²) >= 11 is 0. The van der Waals surface area contributed by atoms with Crippen molar-refractivity contribution >= 4 is 22.6 Å². The van der Waals surface area contributed by atoms with Crippen LogP contribution in [0.15, 0.2) is 48.7 Å². The Morgan fingerprint density at radius 2 is 1.76 bits per heavy atom. The standard InChI is InChI=1S/C23H28N2O4/c1-23(2,3)29-22(26)15-25-11-10-17-13-18(7-8-19(17)25)24-14-16-6-9-20(27-4)21(12-16)28-5/h6-13,24H,14-15H2,1-5H3. The number of carbonyl (C=O) groups excluding carboxylic acids is 1. The predicted molar refractivity (Wildman–Crippen MR) is 115 cm³/mol. The second-order valence-electron chi connectivity index (χ2n) is 7.85. The van der Waals surface area contributed by atoms with Crippen molar-refractivity contribution in [3.05, 3.63) is 54.2 Å². The van der Waals surface area contributed by atoms with Gasteiger partial charge in [-0.05, 0) is 62.7 Å². The van der Waals surface area contributed by atoms with Gasteiger partial charge in [-0.3, -0.25) is 4.79 Å². The SMILES string of the molecule is COc1ccc(CNc2ccc3c(ccn3CC(=O)OC(C)(C)C)c2)cc1OC. The molecule has 0 unspecified atom stereocenters. The highest BCUT2D eigenvalue weighted by molar-refractivity contribution is 5.85. The van der Waals surface area contributed by atoms with Gasteiger partial charge in [-0.1, -0.05) is 6.07 Å². The number of esters is 1. The lowest BCUT2D eigenvalue weighted by Gasteiger charge is -2.19. The van der Waals surface area contributed by atoms with Gasteiger partial charge in [-0.2, -0.15) is 0 Å². The molecular formula is C23H28N2O4. The average molecular weight is 396 g/mol. The minimum absolute atomic E-state index is 0.194. The van der Waals surface area contributed by atoms with Gasteiger partial charge < -0.3 is 24.1 Å². The zero-order valence-corrected chi connectivity index (χ0v) is 17.6. The first-order valence-electron chi connectivity index (χ1n) is 9.54. The van der Waals surface area contributed by atoms with Crippen LogP contribution >= 0.6 is 0 Å². The lowest BCUT2D eigenvalue weighted by atomic mass is 10.2. The maximum Gasteiger partial charge on any atom is 0.326 e. The number of carbonyl (C=O) groups is 1. The van der Waals surface area contributed by atoms with Crippen LogP contribution in [0.5, 0.6) is 11.5 Å². The quantitative estimate of drug-likeness (QED) is 0.591. The van der Waals surface area contributed by atoms with Crippen molar-refractivity contribution in [2.45, 2.75) is 39.5 Å². The highest BCUT2D eigenvalue weighted by Gasteiger charge is 2.17. The second-order valence-corrected chi connectivity index (χ2v) is 7.85. The summed E-state index contributed by atoms with van der Waals surface area (Å²) in [5.74, 6) is 1.18. The van der Waals surface area contributed by atoms with Gasteiger partial charge in [0.2, 0.25) is 0 Å². The maximum absolute atomic E-state index is 12.1. The first kappa shape index (κ1) is 20.6. The normalized spacial score (nSPS) is 11.3. The molecule has 2 aromatic carbocycles. The average Bonchev–Trinajstić information content (AvgIpc) is 3.06. The number of nitrogens with zero attached hydrogens (tertiary/aromatic N) is 1. The Hall–Kier alpha value is -3.15. The molecule has 0 spiro atoms. The van der Waals surface area contributed by atoms with Gasteiger partial charge in [0.15, 0.2) is 11.5 Å². The van der Waals surface area contributed by atoms with E-state index >= 15 is 0 Å². The molecule has 0 saturated heterocycles. The Kier molecular flexibility index (Phi) is 6.01. The van der Waals surface area contributed by atoms with Gasteiger partial charge in [0.25, 0.3) is 0 Å². The molecule has 1 heterocycles. The molecule has 0 aliphatic heterocycles. The molecule has 0 atom stereocenters. The Labute approximate surface area is 171 Å². The zero-order chi connectivity index (χ0) is 21.0. The van der Waals surface area contributed by atoms with Gasteiger partial charge in [0, 0.05) is 29.3 Å². The molecule has 3 aromatic rings. The number of rotatable bonds is 7. The fraction of sp³-hybridized carbons (Fsp3) is 0.348. The molecule has 0 aliphatic carbocycles. The third-order valence-corrected chi connectivity index (χ3v) is 4.44. The first-order valence-corrected chi connectivity index (χ1v) is 9.54. The highest BCUT2D eigenvalue weighted by atomic mass is 16.6. The van der Waals surface area contributed by atoms with Crippen molar-refractivity contribution < 1.29 is 19.0 Å². The van der Waals surface area contributed by atoms with Gasteiger partial charge >= 0.3 is 5.97 Å². The van der Waals surface area contributed by atoms with Crippen LogP contribution < -0.4 is 14.8 Å². The van der Waals surface area contributed by atoms with E-state index in [2.05, 4.69) is 11.4 Å². The van der Waals surface area contributed by atoms with Crippen LogP contribution in [0.4, 0.5) is 5.69 Å². The summed E-state index contributed by atoms with van der Waals surface area (Å²) in [6.45, 7) is 6.46. The Bertz CT molecular complexity index is 1000. The van der Waals surface area contributed by atoms with Crippen LogP contribution in [0.3, 0.4) is 0 Å². The number of ether oxygens (including phenoxy) is 3. The number of nitrogens with one attached hydrogen (secondary N) is 1. The molecule has 6 heteroatoms. The summed E-state index contributed by atoms with van der Waals surface area (Å²) < 4.78 is 18.0. The molecule has 0 amide bonds.